The summed E-state index contributed by atoms with van der Waals surface area (Å²) >= 11 is 0. The fourth-order valence-corrected chi connectivity index (χ4v) is 3.92. The zero-order chi connectivity index (χ0) is 19.7. The van der Waals surface area contributed by atoms with Gasteiger partial charge >= 0.3 is 0 Å². The number of fused-ring (bicyclic) bond motifs is 1. The van der Waals surface area contributed by atoms with E-state index in [-0.39, 0.29) is 28.2 Å². The minimum Gasteiger partial charge on any atom is -0.504 e. The van der Waals surface area contributed by atoms with Crippen molar-refractivity contribution >= 4 is 5.69 Å². The van der Waals surface area contributed by atoms with E-state index in [1.54, 1.807) is 24.3 Å². The Kier molecular flexibility index (Phi) is 4.75. The number of nitro benzene ring substituents is 1. The van der Waals surface area contributed by atoms with Crippen molar-refractivity contribution in [1.29, 1.82) is 0 Å². The van der Waals surface area contributed by atoms with Crippen LogP contribution in [0.15, 0.2) is 60.8 Å². The molecule has 0 saturated heterocycles. The van der Waals surface area contributed by atoms with Crippen LogP contribution in [0.3, 0.4) is 0 Å². The number of phenolic OH excluding ortho intramolecular Hbond substituents is 2. The number of non-ortho nitro benzene ring substituents is 1. The van der Waals surface area contributed by atoms with Crippen molar-refractivity contribution in [1.82, 2.24) is 9.47 Å². The lowest BCUT2D eigenvalue weighted by molar-refractivity contribution is -0.384. The first-order valence-electron chi connectivity index (χ1n) is 9.18. The summed E-state index contributed by atoms with van der Waals surface area (Å²) in [5.74, 6) is -0.275. The SMILES string of the molecule is O=[N+]([O-])c1cccc(C2c3cccn3CCCN2Cc2cccc(O)c2O)c1. The Hall–Kier alpha value is -3.32. The molecule has 2 heterocycles. The molecule has 2 aromatic carbocycles. The number of para-hydroxylation sites is 1. The van der Waals surface area contributed by atoms with Crippen LogP contribution >= 0.6 is 0 Å². The first kappa shape index (κ1) is 18.1. The van der Waals surface area contributed by atoms with Crippen molar-refractivity contribution in [2.75, 3.05) is 6.54 Å². The smallest absolute Gasteiger partial charge is 0.269 e. The van der Waals surface area contributed by atoms with E-state index in [4.69, 9.17) is 0 Å². The first-order chi connectivity index (χ1) is 13.5. The third-order valence-corrected chi connectivity index (χ3v) is 5.22. The minimum atomic E-state index is -0.384. The zero-order valence-corrected chi connectivity index (χ0v) is 15.2. The van der Waals surface area contributed by atoms with Gasteiger partial charge in [0.1, 0.15) is 0 Å². The molecule has 7 heteroatoms. The molecule has 144 valence electrons. The molecule has 0 aliphatic carbocycles. The van der Waals surface area contributed by atoms with Crippen LogP contribution in [0.1, 0.15) is 29.3 Å². The third-order valence-electron chi connectivity index (χ3n) is 5.22. The highest BCUT2D eigenvalue weighted by Crippen LogP contribution is 2.36. The molecule has 0 saturated carbocycles. The van der Waals surface area contributed by atoms with Gasteiger partial charge in [0, 0.05) is 49.2 Å². The minimum absolute atomic E-state index is 0.0556. The maximum absolute atomic E-state index is 11.3. The molecule has 0 fully saturated rings. The number of hydrogen-bond acceptors (Lipinski definition) is 5. The van der Waals surface area contributed by atoms with Gasteiger partial charge in [-0.2, -0.15) is 0 Å². The predicted octanol–water partition coefficient (Wildman–Crippen LogP) is 3.80. The molecular weight excluding hydrogens is 358 g/mol. The summed E-state index contributed by atoms with van der Waals surface area (Å²) in [6, 6.07) is 15.5. The van der Waals surface area contributed by atoms with Crippen molar-refractivity contribution in [2.24, 2.45) is 0 Å². The Labute approximate surface area is 162 Å². The molecule has 1 aliphatic heterocycles. The Morgan fingerprint density at radius 1 is 1.07 bits per heavy atom. The van der Waals surface area contributed by atoms with Gasteiger partial charge in [0.25, 0.3) is 5.69 Å². The van der Waals surface area contributed by atoms with Gasteiger partial charge in [0.05, 0.1) is 11.0 Å². The lowest BCUT2D eigenvalue weighted by atomic mass is 10.00. The number of aromatic hydroxyl groups is 2. The topological polar surface area (TPSA) is 91.8 Å². The van der Waals surface area contributed by atoms with E-state index < -0.39 is 0 Å². The number of aromatic nitrogens is 1. The van der Waals surface area contributed by atoms with Crippen molar-refractivity contribution in [2.45, 2.75) is 25.6 Å². The van der Waals surface area contributed by atoms with Crippen molar-refractivity contribution in [3.8, 4) is 11.5 Å². The van der Waals surface area contributed by atoms with E-state index in [1.165, 1.54) is 12.1 Å². The van der Waals surface area contributed by atoms with Gasteiger partial charge in [-0.3, -0.25) is 15.0 Å². The third kappa shape index (κ3) is 3.32. The Morgan fingerprint density at radius 3 is 2.71 bits per heavy atom. The standard InChI is InChI=1S/C21H21N3O4/c25-19-9-2-6-16(21(19)26)14-23-12-4-11-22-10-3-8-18(22)20(23)15-5-1-7-17(13-15)24(27)28/h1-3,5-10,13,20,25-26H,4,11-12,14H2. The molecule has 0 bridgehead atoms. The number of hydrogen-bond donors (Lipinski definition) is 2. The summed E-state index contributed by atoms with van der Waals surface area (Å²) < 4.78 is 2.17. The molecule has 1 aromatic heterocycles. The van der Waals surface area contributed by atoms with Crippen LogP contribution in [0, 0.1) is 10.1 Å². The fourth-order valence-electron chi connectivity index (χ4n) is 3.92. The lowest BCUT2D eigenvalue weighted by Crippen LogP contribution is -2.29. The van der Waals surface area contributed by atoms with E-state index in [2.05, 4.69) is 9.47 Å². The molecule has 4 rings (SSSR count). The highest BCUT2D eigenvalue weighted by atomic mass is 16.6. The van der Waals surface area contributed by atoms with Crippen LogP contribution in [-0.4, -0.2) is 31.1 Å². The normalized spacial score (nSPS) is 17.1. The van der Waals surface area contributed by atoms with Crippen molar-refractivity contribution in [3.63, 3.8) is 0 Å². The Bertz CT molecular complexity index is 1010. The molecule has 1 aliphatic rings. The predicted molar refractivity (Wildman–Crippen MR) is 104 cm³/mol. The van der Waals surface area contributed by atoms with Gasteiger partial charge in [-0.25, -0.2) is 0 Å². The molecule has 0 spiro atoms. The van der Waals surface area contributed by atoms with E-state index >= 15 is 0 Å². The second kappa shape index (κ2) is 7.36. The molecule has 2 N–H and O–H groups in total. The summed E-state index contributed by atoms with van der Waals surface area (Å²) in [5, 5.41) is 31.4. The van der Waals surface area contributed by atoms with Gasteiger partial charge in [-0.05, 0) is 30.2 Å². The van der Waals surface area contributed by atoms with E-state index in [0.717, 1.165) is 30.8 Å². The quantitative estimate of drug-likeness (QED) is 0.409. The summed E-state index contributed by atoms with van der Waals surface area (Å²) in [6.07, 6.45) is 2.93. The first-order valence-corrected chi connectivity index (χ1v) is 9.18. The second-order valence-electron chi connectivity index (χ2n) is 6.99. The highest BCUT2D eigenvalue weighted by molar-refractivity contribution is 5.45. The summed E-state index contributed by atoms with van der Waals surface area (Å²) in [6.45, 7) is 2.03. The summed E-state index contributed by atoms with van der Waals surface area (Å²) in [4.78, 5) is 13.1. The van der Waals surface area contributed by atoms with Gasteiger partial charge < -0.3 is 14.8 Å². The molecular formula is C21H21N3O4. The fraction of sp³-hybridized carbons (Fsp3) is 0.238. The average Bonchev–Trinajstić information content (AvgIpc) is 3.07. The molecule has 1 unspecified atom stereocenters. The highest BCUT2D eigenvalue weighted by Gasteiger charge is 2.29. The van der Waals surface area contributed by atoms with Gasteiger partial charge in [0.2, 0.25) is 0 Å². The zero-order valence-electron chi connectivity index (χ0n) is 15.2. The van der Waals surface area contributed by atoms with E-state index in [9.17, 15) is 20.3 Å². The van der Waals surface area contributed by atoms with Crippen LogP contribution in [0.25, 0.3) is 0 Å². The van der Waals surface area contributed by atoms with Crippen LogP contribution in [0.2, 0.25) is 0 Å². The van der Waals surface area contributed by atoms with Crippen LogP contribution in [0.4, 0.5) is 5.69 Å². The molecule has 1 atom stereocenters. The van der Waals surface area contributed by atoms with E-state index in [0.29, 0.717) is 12.1 Å². The number of rotatable bonds is 4. The maximum atomic E-state index is 11.3. The number of aryl methyl sites for hydroxylation is 1. The van der Waals surface area contributed by atoms with Crippen LogP contribution in [0.5, 0.6) is 11.5 Å². The van der Waals surface area contributed by atoms with Crippen LogP contribution < -0.4 is 0 Å². The van der Waals surface area contributed by atoms with Gasteiger partial charge in [0.15, 0.2) is 11.5 Å². The van der Waals surface area contributed by atoms with Crippen molar-refractivity contribution in [3.05, 3.63) is 87.7 Å². The summed E-state index contributed by atoms with van der Waals surface area (Å²) in [5.41, 5.74) is 2.56. The molecule has 3 aromatic rings. The Morgan fingerprint density at radius 2 is 1.89 bits per heavy atom. The maximum Gasteiger partial charge on any atom is 0.269 e. The lowest BCUT2D eigenvalue weighted by Gasteiger charge is -2.30. The number of nitro groups is 1. The van der Waals surface area contributed by atoms with Crippen LogP contribution in [-0.2, 0) is 13.1 Å². The monoisotopic (exact) mass is 379 g/mol. The van der Waals surface area contributed by atoms with Gasteiger partial charge in [-0.15, -0.1) is 0 Å². The molecule has 7 nitrogen and oxygen atoms in total. The number of phenols is 2. The molecule has 0 radical (unpaired) electrons. The summed E-state index contributed by atoms with van der Waals surface area (Å²) in [7, 11) is 0. The molecule has 0 amide bonds. The Balaban J connectivity index is 1.78. The number of benzene rings is 2. The second-order valence-corrected chi connectivity index (χ2v) is 6.99. The molecule has 28 heavy (non-hydrogen) atoms. The van der Waals surface area contributed by atoms with E-state index in [1.807, 2.05) is 24.4 Å². The van der Waals surface area contributed by atoms with Gasteiger partial charge in [-0.1, -0.05) is 24.3 Å². The number of nitrogens with zero attached hydrogens (tertiary/aromatic N) is 3. The largest absolute Gasteiger partial charge is 0.504 e. The van der Waals surface area contributed by atoms with Crippen molar-refractivity contribution < 1.29 is 15.1 Å². The average molecular weight is 379 g/mol.